The zero-order chi connectivity index (χ0) is 32.6. The van der Waals surface area contributed by atoms with Gasteiger partial charge in [-0.15, -0.1) is 0 Å². The second kappa shape index (κ2) is 15.5. The summed E-state index contributed by atoms with van der Waals surface area (Å²) < 4.78 is 51.3. The first-order chi connectivity index (χ1) is 20.7. The number of aliphatic hydroxyl groups excluding tert-OH is 1. The lowest BCUT2D eigenvalue weighted by Gasteiger charge is -2.36. The van der Waals surface area contributed by atoms with Crippen LogP contribution in [0.2, 0.25) is 0 Å². The van der Waals surface area contributed by atoms with E-state index in [0.717, 1.165) is 37.1 Å². The van der Waals surface area contributed by atoms with Crippen molar-refractivity contribution in [3.8, 4) is 5.75 Å². The number of fused-ring (bicyclic) bond motifs is 1. The van der Waals surface area contributed by atoms with Gasteiger partial charge in [0.15, 0.2) is 0 Å². The molecule has 0 saturated heterocycles. The summed E-state index contributed by atoms with van der Waals surface area (Å²) in [6, 6.07) is 8.74. The zero-order valence-corrected chi connectivity index (χ0v) is 26.4. The Morgan fingerprint density at radius 3 is 2.41 bits per heavy atom. The molecule has 1 aliphatic rings. The lowest BCUT2D eigenvalue weighted by Crippen LogP contribution is -2.48. The van der Waals surface area contributed by atoms with Gasteiger partial charge in [0.05, 0.1) is 36.0 Å². The molecule has 12 heteroatoms. The summed E-state index contributed by atoms with van der Waals surface area (Å²) in [6.45, 7) is 6.25. The number of carbonyl (C=O) groups is 2. The topological polar surface area (TPSA) is 94.6 Å². The summed E-state index contributed by atoms with van der Waals surface area (Å²) in [5.74, 6) is -0.0496. The van der Waals surface area contributed by atoms with Crippen LogP contribution in [0.3, 0.4) is 0 Å². The molecule has 0 aromatic heterocycles. The van der Waals surface area contributed by atoms with Crippen molar-refractivity contribution in [3.63, 3.8) is 0 Å². The fourth-order valence-electron chi connectivity index (χ4n) is 4.97. The highest BCUT2D eigenvalue weighted by atomic mass is 19.4. The number of hydrogen-bond acceptors (Lipinski definition) is 6. The Morgan fingerprint density at radius 1 is 1.11 bits per heavy atom. The number of benzene rings is 2. The largest absolute Gasteiger partial charge is 0.490 e. The highest BCUT2D eigenvalue weighted by Gasteiger charge is 2.32. The molecule has 9 nitrogen and oxygen atoms in total. The van der Waals surface area contributed by atoms with Gasteiger partial charge in [-0.2, -0.15) is 13.2 Å². The van der Waals surface area contributed by atoms with Gasteiger partial charge in [-0.05, 0) is 75.6 Å². The van der Waals surface area contributed by atoms with Crippen LogP contribution in [0, 0.1) is 5.92 Å². The molecule has 244 valence electrons. The van der Waals surface area contributed by atoms with Crippen molar-refractivity contribution < 1.29 is 37.3 Å². The van der Waals surface area contributed by atoms with Crippen molar-refractivity contribution in [1.82, 2.24) is 9.80 Å². The number of carbonyl (C=O) groups excluding carboxylic acids is 2. The highest BCUT2D eigenvalue weighted by Crippen LogP contribution is 2.31. The van der Waals surface area contributed by atoms with Gasteiger partial charge in [-0.1, -0.05) is 6.92 Å². The van der Waals surface area contributed by atoms with Crippen LogP contribution < -0.4 is 15.0 Å². The van der Waals surface area contributed by atoms with Gasteiger partial charge in [0.25, 0.3) is 5.91 Å². The third-order valence-corrected chi connectivity index (χ3v) is 7.82. The molecule has 3 amide bonds. The molecule has 2 aromatic carbocycles. The van der Waals surface area contributed by atoms with Crippen molar-refractivity contribution in [2.75, 3.05) is 57.7 Å². The Kier molecular flexibility index (Phi) is 12.3. The predicted octanol–water partition coefficient (Wildman–Crippen LogP) is 5.73. The Hall–Kier alpha value is -3.51. The number of likely N-dealkylation sites (N-methyl/N-ethyl adjacent to an activating group) is 1. The average molecular weight is 623 g/mol. The van der Waals surface area contributed by atoms with E-state index in [9.17, 15) is 27.9 Å². The van der Waals surface area contributed by atoms with E-state index in [1.807, 2.05) is 45.0 Å². The van der Waals surface area contributed by atoms with Crippen LogP contribution in [0.5, 0.6) is 5.75 Å². The van der Waals surface area contributed by atoms with Crippen LogP contribution in [0.4, 0.5) is 29.3 Å². The van der Waals surface area contributed by atoms with Gasteiger partial charge < -0.3 is 34.6 Å². The second-order valence-electron chi connectivity index (χ2n) is 11.8. The standard InChI is InChI=1S/C32H45F3N4O5/c1-21-18-39(22(2)20-40)30(41)27-17-26(37(4)5)14-15-28(27)44-23(3)9-7-8-16-43-29(21)19-38(6)31(42)36-25-12-10-24(11-13-25)32(33,34)35/h10-15,17,21-23,29,40H,7-9,16,18-20H2,1-6H3,(H,36,42)/t21-,22+,23-,29-/m0/s1. The van der Waals surface area contributed by atoms with Gasteiger partial charge >= 0.3 is 12.2 Å². The molecular weight excluding hydrogens is 577 g/mol. The van der Waals surface area contributed by atoms with Crippen molar-refractivity contribution in [1.29, 1.82) is 0 Å². The fourth-order valence-corrected chi connectivity index (χ4v) is 4.97. The Morgan fingerprint density at radius 2 is 1.80 bits per heavy atom. The average Bonchev–Trinajstić information content (AvgIpc) is 2.97. The number of anilines is 2. The number of amides is 3. The number of alkyl halides is 3. The van der Waals surface area contributed by atoms with Gasteiger partial charge in [0.2, 0.25) is 0 Å². The monoisotopic (exact) mass is 622 g/mol. The first-order valence-corrected chi connectivity index (χ1v) is 14.9. The third kappa shape index (κ3) is 9.49. The molecule has 0 radical (unpaired) electrons. The number of hydrogen-bond donors (Lipinski definition) is 2. The molecule has 1 aliphatic heterocycles. The second-order valence-corrected chi connectivity index (χ2v) is 11.8. The minimum atomic E-state index is -4.47. The minimum absolute atomic E-state index is 0.145. The SMILES string of the molecule is C[C@H](CO)N1C[C@H](C)[C@H](CN(C)C(=O)Nc2ccc(C(F)(F)F)cc2)OCCCC[C@H](C)Oc2ccc(N(C)C)cc2C1=O. The van der Waals surface area contributed by atoms with Crippen LogP contribution in [0.1, 0.15) is 56.0 Å². The van der Waals surface area contributed by atoms with E-state index in [4.69, 9.17) is 9.47 Å². The predicted molar refractivity (Wildman–Crippen MR) is 164 cm³/mol. The van der Waals surface area contributed by atoms with Crippen molar-refractivity contribution >= 4 is 23.3 Å². The van der Waals surface area contributed by atoms with E-state index in [1.54, 1.807) is 24.9 Å². The number of nitrogens with one attached hydrogen (secondary N) is 1. The molecule has 44 heavy (non-hydrogen) atoms. The van der Waals surface area contributed by atoms with Crippen molar-refractivity contribution in [3.05, 3.63) is 53.6 Å². The summed E-state index contributed by atoms with van der Waals surface area (Å²) >= 11 is 0. The van der Waals surface area contributed by atoms with Gasteiger partial charge in [-0.3, -0.25) is 4.79 Å². The number of urea groups is 1. The smallest absolute Gasteiger partial charge is 0.416 e. The number of rotatable bonds is 6. The lowest BCUT2D eigenvalue weighted by molar-refractivity contribution is -0.137. The molecule has 1 heterocycles. The molecule has 2 aromatic rings. The number of aliphatic hydroxyl groups is 1. The maximum Gasteiger partial charge on any atom is 0.416 e. The van der Waals surface area contributed by atoms with Gasteiger partial charge in [-0.25, -0.2) is 4.79 Å². The maximum absolute atomic E-state index is 14.1. The third-order valence-electron chi connectivity index (χ3n) is 7.82. The summed E-state index contributed by atoms with van der Waals surface area (Å²) in [5.41, 5.74) is 0.665. The Balaban J connectivity index is 1.84. The summed E-state index contributed by atoms with van der Waals surface area (Å²) in [6.07, 6.45) is -2.74. The molecule has 4 atom stereocenters. The normalized spacial score (nSPS) is 21.0. The molecule has 0 spiro atoms. The Labute approximate surface area is 257 Å². The Bertz CT molecular complexity index is 1240. The van der Waals surface area contributed by atoms with E-state index >= 15 is 0 Å². The van der Waals surface area contributed by atoms with Crippen molar-refractivity contribution in [2.45, 2.75) is 64.5 Å². The van der Waals surface area contributed by atoms with Crippen LogP contribution in [0.15, 0.2) is 42.5 Å². The first kappa shape index (κ1) is 35.0. The first-order valence-electron chi connectivity index (χ1n) is 14.9. The summed E-state index contributed by atoms with van der Waals surface area (Å²) in [7, 11) is 5.36. The summed E-state index contributed by atoms with van der Waals surface area (Å²) in [5, 5.41) is 12.7. The van der Waals surface area contributed by atoms with E-state index in [-0.39, 0.29) is 43.3 Å². The molecule has 2 N–H and O–H groups in total. The van der Waals surface area contributed by atoms with Crippen LogP contribution >= 0.6 is 0 Å². The van der Waals surface area contributed by atoms with E-state index < -0.39 is 29.9 Å². The molecular formula is C32H45F3N4O5. The van der Waals surface area contributed by atoms with E-state index in [1.165, 1.54) is 17.0 Å². The summed E-state index contributed by atoms with van der Waals surface area (Å²) in [4.78, 5) is 32.0. The number of halogens is 3. The molecule has 0 bridgehead atoms. The maximum atomic E-state index is 14.1. The molecule has 0 aliphatic carbocycles. The minimum Gasteiger partial charge on any atom is -0.490 e. The van der Waals surface area contributed by atoms with Crippen LogP contribution in [0.25, 0.3) is 0 Å². The quantitative estimate of drug-likeness (QED) is 0.428. The number of nitrogens with zero attached hydrogens (tertiary/aromatic N) is 3. The zero-order valence-electron chi connectivity index (χ0n) is 26.4. The number of ether oxygens (including phenoxy) is 2. The molecule has 0 saturated carbocycles. The van der Waals surface area contributed by atoms with E-state index in [0.29, 0.717) is 17.9 Å². The van der Waals surface area contributed by atoms with Crippen LogP contribution in [-0.4, -0.2) is 92.5 Å². The van der Waals surface area contributed by atoms with Gasteiger partial charge in [0, 0.05) is 58.1 Å². The lowest BCUT2D eigenvalue weighted by atomic mass is 10.0. The van der Waals surface area contributed by atoms with Crippen LogP contribution in [-0.2, 0) is 10.9 Å². The molecule has 0 fully saturated rings. The van der Waals surface area contributed by atoms with Crippen molar-refractivity contribution in [2.24, 2.45) is 5.92 Å². The highest BCUT2D eigenvalue weighted by molar-refractivity contribution is 5.98. The van der Waals surface area contributed by atoms with Gasteiger partial charge in [0.1, 0.15) is 5.75 Å². The van der Waals surface area contributed by atoms with E-state index in [2.05, 4.69) is 5.32 Å². The molecule has 0 unspecified atom stereocenters. The fraction of sp³-hybridized carbons (Fsp3) is 0.562. The molecule has 3 rings (SSSR count).